The van der Waals surface area contributed by atoms with E-state index in [2.05, 4.69) is 20.3 Å². The van der Waals surface area contributed by atoms with Crippen LogP contribution in [0.2, 0.25) is 0 Å². The summed E-state index contributed by atoms with van der Waals surface area (Å²) in [6.45, 7) is 7.16. The van der Waals surface area contributed by atoms with Crippen LogP contribution in [0.4, 0.5) is 11.5 Å². The number of nitrogens with zero attached hydrogens (tertiary/aromatic N) is 4. The predicted molar refractivity (Wildman–Crippen MR) is 113 cm³/mol. The predicted octanol–water partition coefficient (Wildman–Crippen LogP) is 3.23. The molecule has 7 nitrogen and oxygen atoms in total. The van der Waals surface area contributed by atoms with Crippen molar-refractivity contribution in [2.45, 2.75) is 20.3 Å². The zero-order valence-electron chi connectivity index (χ0n) is 16.8. The van der Waals surface area contributed by atoms with Gasteiger partial charge in [0.15, 0.2) is 0 Å². The van der Waals surface area contributed by atoms with Gasteiger partial charge in [-0.15, -0.1) is 0 Å². The Kier molecular flexibility index (Phi) is 5.57. The third-order valence-corrected chi connectivity index (χ3v) is 5.07. The molecule has 0 unspecified atom stereocenters. The number of anilines is 2. The molecule has 0 atom stereocenters. The van der Waals surface area contributed by atoms with E-state index < -0.39 is 0 Å². The second kappa shape index (κ2) is 8.45. The van der Waals surface area contributed by atoms with Crippen LogP contribution in [-0.4, -0.2) is 47.0 Å². The summed E-state index contributed by atoms with van der Waals surface area (Å²) in [7, 11) is 0. The van der Waals surface area contributed by atoms with Gasteiger partial charge < -0.3 is 15.0 Å². The van der Waals surface area contributed by atoms with Crippen LogP contribution in [0.3, 0.4) is 0 Å². The maximum atomic E-state index is 12.9. The number of nitrogens with one attached hydrogen (secondary N) is 1. The van der Waals surface area contributed by atoms with Crippen LogP contribution in [0.15, 0.2) is 48.8 Å². The van der Waals surface area contributed by atoms with Gasteiger partial charge in [0.25, 0.3) is 5.91 Å². The average molecular weight is 391 g/mol. The minimum Gasteiger partial charge on any atom is -0.378 e. The molecule has 2 aromatic heterocycles. The Morgan fingerprint density at radius 3 is 2.52 bits per heavy atom. The van der Waals surface area contributed by atoms with E-state index in [0.29, 0.717) is 30.9 Å². The maximum Gasteiger partial charge on any atom is 0.259 e. The highest BCUT2D eigenvalue weighted by molar-refractivity contribution is 6.05. The van der Waals surface area contributed by atoms with Crippen molar-refractivity contribution in [2.75, 3.05) is 36.5 Å². The van der Waals surface area contributed by atoms with Gasteiger partial charge >= 0.3 is 0 Å². The molecule has 29 heavy (non-hydrogen) atoms. The lowest BCUT2D eigenvalue weighted by Gasteiger charge is -2.27. The number of aromatic nitrogens is 3. The average Bonchev–Trinajstić information content (AvgIpc) is 3.20. The summed E-state index contributed by atoms with van der Waals surface area (Å²) in [5.41, 5.74) is 4.25. The summed E-state index contributed by atoms with van der Waals surface area (Å²) in [5.74, 6) is 0.717. The van der Waals surface area contributed by atoms with Gasteiger partial charge in [-0.3, -0.25) is 4.79 Å². The second-order valence-electron chi connectivity index (χ2n) is 7.06. The number of ether oxygens (including phenoxy) is 1. The molecule has 1 N–H and O–H groups in total. The number of hydrogen-bond acceptors (Lipinski definition) is 5. The van der Waals surface area contributed by atoms with Gasteiger partial charge in [-0.1, -0.05) is 24.6 Å². The highest BCUT2D eigenvalue weighted by atomic mass is 16.5. The third kappa shape index (κ3) is 4.14. The van der Waals surface area contributed by atoms with Crippen molar-refractivity contribution in [2.24, 2.45) is 0 Å². The molecule has 0 aliphatic carbocycles. The summed E-state index contributed by atoms with van der Waals surface area (Å²) in [6.07, 6.45) is 4.02. The molecule has 4 rings (SSSR count). The molecule has 3 heterocycles. The summed E-state index contributed by atoms with van der Waals surface area (Å²) in [5, 5.41) is 7.39. The molecule has 150 valence electrons. The highest BCUT2D eigenvalue weighted by Crippen LogP contribution is 2.19. The smallest absolute Gasteiger partial charge is 0.259 e. The SMILES string of the molecule is CCc1c(C(=O)Nc2ccc(N3CCOCC3)nc2)cnn1-c1ccc(C)cc1. The number of aryl methyl sites for hydroxylation is 1. The molecule has 1 aromatic carbocycles. The fourth-order valence-corrected chi connectivity index (χ4v) is 3.45. The lowest BCUT2D eigenvalue weighted by atomic mass is 10.1. The lowest BCUT2D eigenvalue weighted by Crippen LogP contribution is -2.36. The van der Waals surface area contributed by atoms with Crippen LogP contribution in [0.5, 0.6) is 0 Å². The van der Waals surface area contributed by atoms with Crippen molar-refractivity contribution < 1.29 is 9.53 Å². The summed E-state index contributed by atoms with van der Waals surface area (Å²) in [6, 6.07) is 11.9. The molecule has 0 saturated carbocycles. The lowest BCUT2D eigenvalue weighted by molar-refractivity contribution is 0.102. The van der Waals surface area contributed by atoms with Crippen molar-refractivity contribution >= 4 is 17.4 Å². The van der Waals surface area contributed by atoms with Crippen LogP contribution in [-0.2, 0) is 11.2 Å². The summed E-state index contributed by atoms with van der Waals surface area (Å²) < 4.78 is 7.20. The first-order valence-corrected chi connectivity index (χ1v) is 9.89. The van der Waals surface area contributed by atoms with Crippen LogP contribution in [0.25, 0.3) is 5.69 Å². The number of morpholine rings is 1. The van der Waals surface area contributed by atoms with Crippen molar-refractivity contribution in [3.63, 3.8) is 0 Å². The first-order valence-electron chi connectivity index (χ1n) is 9.89. The number of carbonyl (C=O) groups is 1. The number of rotatable bonds is 5. The molecule has 1 saturated heterocycles. The molecule has 1 fully saturated rings. The second-order valence-corrected chi connectivity index (χ2v) is 7.06. The van der Waals surface area contributed by atoms with Gasteiger partial charge in [0.05, 0.1) is 48.2 Å². The molecular weight excluding hydrogens is 366 g/mol. The van der Waals surface area contributed by atoms with Gasteiger partial charge in [0.1, 0.15) is 5.82 Å². The Bertz CT molecular complexity index is 973. The minimum absolute atomic E-state index is 0.180. The van der Waals surface area contributed by atoms with Gasteiger partial charge in [-0.2, -0.15) is 5.10 Å². The molecule has 0 bridgehead atoms. The molecule has 0 radical (unpaired) electrons. The van der Waals surface area contributed by atoms with Gasteiger partial charge in [-0.05, 0) is 37.6 Å². The number of benzene rings is 1. The molecule has 7 heteroatoms. The van der Waals surface area contributed by atoms with E-state index >= 15 is 0 Å². The van der Waals surface area contributed by atoms with E-state index in [1.807, 2.05) is 54.9 Å². The number of carbonyl (C=O) groups excluding carboxylic acids is 1. The largest absolute Gasteiger partial charge is 0.378 e. The minimum atomic E-state index is -0.180. The molecule has 1 amide bonds. The molecule has 0 spiro atoms. The topological polar surface area (TPSA) is 72.3 Å². The van der Waals surface area contributed by atoms with Crippen molar-refractivity contribution in [3.8, 4) is 5.69 Å². The fraction of sp³-hybridized carbons (Fsp3) is 0.318. The maximum absolute atomic E-state index is 12.9. The van der Waals surface area contributed by atoms with Gasteiger partial charge in [-0.25, -0.2) is 9.67 Å². The molecule has 3 aromatic rings. The Morgan fingerprint density at radius 1 is 1.10 bits per heavy atom. The Labute approximate surface area is 170 Å². The standard InChI is InChI=1S/C22H25N5O2/c1-3-20-19(15-24-27(20)18-7-4-16(2)5-8-18)22(28)25-17-6-9-21(23-14-17)26-10-12-29-13-11-26/h4-9,14-15H,3,10-13H2,1-2H3,(H,25,28). The molecule has 1 aliphatic heterocycles. The Hall–Kier alpha value is -3.19. The molecular formula is C22H25N5O2. The van der Waals surface area contributed by atoms with E-state index in [1.165, 1.54) is 5.56 Å². The van der Waals surface area contributed by atoms with Crippen LogP contribution >= 0.6 is 0 Å². The number of pyridine rings is 1. The van der Waals surface area contributed by atoms with Crippen molar-refractivity contribution in [1.29, 1.82) is 0 Å². The molecule has 1 aliphatic rings. The first-order chi connectivity index (χ1) is 14.2. The van der Waals surface area contributed by atoms with Gasteiger partial charge in [0.2, 0.25) is 0 Å². The van der Waals surface area contributed by atoms with Crippen molar-refractivity contribution in [1.82, 2.24) is 14.8 Å². The van der Waals surface area contributed by atoms with Crippen LogP contribution < -0.4 is 10.2 Å². The van der Waals surface area contributed by atoms with E-state index in [4.69, 9.17) is 4.74 Å². The first kappa shape index (κ1) is 19.1. The van der Waals surface area contributed by atoms with E-state index in [9.17, 15) is 4.79 Å². The number of amides is 1. The third-order valence-electron chi connectivity index (χ3n) is 5.07. The zero-order chi connectivity index (χ0) is 20.2. The number of hydrogen-bond donors (Lipinski definition) is 1. The van der Waals surface area contributed by atoms with E-state index in [1.54, 1.807) is 12.4 Å². The fourth-order valence-electron chi connectivity index (χ4n) is 3.45. The summed E-state index contributed by atoms with van der Waals surface area (Å²) >= 11 is 0. The van der Waals surface area contributed by atoms with Crippen molar-refractivity contribution in [3.05, 3.63) is 65.6 Å². The quantitative estimate of drug-likeness (QED) is 0.723. The Balaban J connectivity index is 1.50. The van der Waals surface area contributed by atoms with Crippen LogP contribution in [0.1, 0.15) is 28.5 Å². The van der Waals surface area contributed by atoms with Gasteiger partial charge in [0, 0.05) is 13.1 Å². The normalized spacial score (nSPS) is 14.1. The highest BCUT2D eigenvalue weighted by Gasteiger charge is 2.18. The monoisotopic (exact) mass is 391 g/mol. The van der Waals surface area contributed by atoms with E-state index in [0.717, 1.165) is 30.3 Å². The Morgan fingerprint density at radius 2 is 1.86 bits per heavy atom. The summed E-state index contributed by atoms with van der Waals surface area (Å²) in [4.78, 5) is 19.5. The zero-order valence-corrected chi connectivity index (χ0v) is 16.8. The van der Waals surface area contributed by atoms with E-state index in [-0.39, 0.29) is 5.91 Å². The van der Waals surface area contributed by atoms with Crippen LogP contribution in [0, 0.1) is 6.92 Å².